The number of aromatic nitrogens is 3. The fourth-order valence-electron chi connectivity index (χ4n) is 2.18. The largest absolute Gasteiger partial charge is 0.443 e. The lowest BCUT2D eigenvalue weighted by Gasteiger charge is -2.19. The lowest BCUT2D eigenvalue weighted by molar-refractivity contribution is 0.0550. The summed E-state index contributed by atoms with van der Waals surface area (Å²) in [4.78, 5) is 20.9. The molecule has 0 atom stereocenters. The first kappa shape index (κ1) is 12.6. The zero-order chi connectivity index (χ0) is 14.3. The highest BCUT2D eigenvalue weighted by Crippen LogP contribution is 2.27. The lowest BCUT2D eigenvalue weighted by Crippen LogP contribution is -2.27. The van der Waals surface area contributed by atoms with Crippen molar-refractivity contribution in [3.05, 3.63) is 36.8 Å². The molecular formula is C15H15N3O2. The van der Waals surface area contributed by atoms with Crippen LogP contribution in [0.3, 0.4) is 0 Å². The fraction of sp³-hybridized carbons (Fsp3) is 0.267. The number of rotatable bonds is 0. The number of hydrogen-bond acceptors (Lipinski definition) is 4. The van der Waals surface area contributed by atoms with Crippen LogP contribution in [0.15, 0.2) is 36.8 Å². The van der Waals surface area contributed by atoms with Crippen LogP contribution in [-0.2, 0) is 4.74 Å². The van der Waals surface area contributed by atoms with Gasteiger partial charge < -0.3 is 4.74 Å². The van der Waals surface area contributed by atoms with Crippen LogP contribution in [0.1, 0.15) is 20.8 Å². The second-order valence-electron chi connectivity index (χ2n) is 5.58. The molecule has 0 amide bonds. The van der Waals surface area contributed by atoms with E-state index in [1.165, 1.54) is 4.57 Å². The first-order chi connectivity index (χ1) is 9.47. The molecule has 5 nitrogen and oxygen atoms in total. The summed E-state index contributed by atoms with van der Waals surface area (Å²) in [6.45, 7) is 5.52. The third-order valence-electron chi connectivity index (χ3n) is 2.90. The molecule has 3 heterocycles. The van der Waals surface area contributed by atoms with Crippen molar-refractivity contribution in [2.24, 2.45) is 0 Å². The molecule has 3 aromatic rings. The Balaban J connectivity index is 2.29. The van der Waals surface area contributed by atoms with E-state index in [2.05, 4.69) is 9.97 Å². The van der Waals surface area contributed by atoms with Gasteiger partial charge in [-0.1, -0.05) is 0 Å². The van der Waals surface area contributed by atoms with Crippen molar-refractivity contribution in [3.8, 4) is 0 Å². The molecule has 0 aromatic carbocycles. The van der Waals surface area contributed by atoms with Crippen molar-refractivity contribution in [2.75, 3.05) is 0 Å². The first-order valence-electron chi connectivity index (χ1n) is 6.40. The van der Waals surface area contributed by atoms with Gasteiger partial charge in [0.05, 0.1) is 5.52 Å². The van der Waals surface area contributed by atoms with E-state index in [-0.39, 0.29) is 0 Å². The van der Waals surface area contributed by atoms with Crippen molar-refractivity contribution >= 4 is 28.0 Å². The second-order valence-corrected chi connectivity index (χ2v) is 5.58. The summed E-state index contributed by atoms with van der Waals surface area (Å²) >= 11 is 0. The molecule has 0 aliphatic heterocycles. The number of ether oxygens (including phenoxy) is 1. The van der Waals surface area contributed by atoms with Crippen molar-refractivity contribution in [1.29, 1.82) is 0 Å². The van der Waals surface area contributed by atoms with Crippen molar-refractivity contribution in [3.63, 3.8) is 0 Å². The van der Waals surface area contributed by atoms with E-state index in [0.29, 0.717) is 5.65 Å². The van der Waals surface area contributed by atoms with Gasteiger partial charge in [-0.05, 0) is 39.0 Å². The molecule has 0 aliphatic rings. The Morgan fingerprint density at radius 1 is 1.20 bits per heavy atom. The van der Waals surface area contributed by atoms with Gasteiger partial charge in [-0.2, -0.15) is 0 Å². The normalized spacial score (nSPS) is 11.9. The number of fused-ring (bicyclic) bond motifs is 3. The summed E-state index contributed by atoms with van der Waals surface area (Å²) in [5, 5.41) is 1.78. The first-order valence-corrected chi connectivity index (χ1v) is 6.40. The Bertz CT molecular complexity index is 746. The highest BCUT2D eigenvalue weighted by Gasteiger charge is 2.22. The predicted octanol–water partition coefficient (Wildman–Crippen LogP) is 3.37. The monoisotopic (exact) mass is 269 g/mol. The summed E-state index contributed by atoms with van der Waals surface area (Å²) in [6, 6.07) is 5.56. The Morgan fingerprint density at radius 2 is 2.00 bits per heavy atom. The van der Waals surface area contributed by atoms with Crippen LogP contribution in [0.2, 0.25) is 0 Å². The van der Waals surface area contributed by atoms with Gasteiger partial charge in [-0.25, -0.2) is 14.3 Å². The van der Waals surface area contributed by atoms with Gasteiger partial charge >= 0.3 is 6.09 Å². The maximum Gasteiger partial charge on any atom is 0.420 e. The minimum atomic E-state index is -0.554. The molecule has 0 aliphatic carbocycles. The van der Waals surface area contributed by atoms with Gasteiger partial charge in [0.25, 0.3) is 0 Å². The molecule has 5 heteroatoms. The molecule has 3 aromatic heterocycles. The number of nitrogens with zero attached hydrogens (tertiary/aromatic N) is 3. The van der Waals surface area contributed by atoms with Crippen molar-refractivity contribution in [1.82, 2.24) is 14.5 Å². The van der Waals surface area contributed by atoms with E-state index in [1.807, 2.05) is 32.9 Å². The number of carbonyl (C=O) groups is 1. The van der Waals surface area contributed by atoms with Crippen LogP contribution >= 0.6 is 0 Å². The van der Waals surface area contributed by atoms with Crippen LogP contribution in [0.25, 0.3) is 21.9 Å². The number of carbonyl (C=O) groups excluding carboxylic acids is 1. The average Bonchev–Trinajstić information content (AvgIpc) is 2.71. The van der Waals surface area contributed by atoms with E-state index in [0.717, 1.165) is 16.3 Å². The minimum absolute atomic E-state index is 0.428. The molecule has 0 saturated carbocycles. The number of hydrogen-bond donors (Lipinski definition) is 0. The molecule has 0 fully saturated rings. The molecule has 0 N–H and O–H groups in total. The molecule has 3 rings (SSSR count). The topological polar surface area (TPSA) is 57.0 Å². The second kappa shape index (κ2) is 4.30. The third-order valence-corrected chi connectivity index (χ3v) is 2.90. The van der Waals surface area contributed by atoms with Crippen LogP contribution in [0.5, 0.6) is 0 Å². The van der Waals surface area contributed by atoms with Crippen LogP contribution in [0, 0.1) is 0 Å². The maximum absolute atomic E-state index is 12.4. The fourth-order valence-corrected chi connectivity index (χ4v) is 2.18. The number of pyridine rings is 2. The quantitative estimate of drug-likeness (QED) is 0.628. The zero-order valence-electron chi connectivity index (χ0n) is 11.6. The molecule has 0 radical (unpaired) electrons. The summed E-state index contributed by atoms with van der Waals surface area (Å²) < 4.78 is 6.96. The summed E-state index contributed by atoms with van der Waals surface area (Å²) in [5.74, 6) is 0. The van der Waals surface area contributed by atoms with Gasteiger partial charge in [0, 0.05) is 29.4 Å². The van der Waals surface area contributed by atoms with Crippen LogP contribution in [-0.4, -0.2) is 26.2 Å². The highest BCUT2D eigenvalue weighted by atomic mass is 16.6. The van der Waals surface area contributed by atoms with E-state index in [4.69, 9.17) is 4.74 Å². The summed E-state index contributed by atoms with van der Waals surface area (Å²) in [5.41, 5.74) is 0.787. The Labute approximate surface area is 116 Å². The Morgan fingerprint density at radius 3 is 2.75 bits per heavy atom. The van der Waals surface area contributed by atoms with Crippen molar-refractivity contribution < 1.29 is 9.53 Å². The molecule has 0 unspecified atom stereocenters. The van der Waals surface area contributed by atoms with Gasteiger partial charge in [-0.3, -0.25) is 4.98 Å². The molecule has 0 spiro atoms. The van der Waals surface area contributed by atoms with Crippen LogP contribution in [0.4, 0.5) is 4.79 Å². The molecule has 102 valence electrons. The smallest absolute Gasteiger partial charge is 0.420 e. The lowest BCUT2D eigenvalue weighted by atomic mass is 10.2. The highest BCUT2D eigenvalue weighted by molar-refractivity contribution is 6.10. The molecule has 0 saturated heterocycles. The van der Waals surface area contributed by atoms with E-state index < -0.39 is 11.7 Å². The maximum atomic E-state index is 12.4. The van der Waals surface area contributed by atoms with Crippen molar-refractivity contribution in [2.45, 2.75) is 26.4 Å². The standard InChI is InChI=1S/C15H15N3O2/c1-15(2,3)20-14(19)18-12-6-8-16-9-11(12)10-5-4-7-17-13(10)18/h4-9H,1-3H3. The molecule has 20 heavy (non-hydrogen) atoms. The van der Waals surface area contributed by atoms with Crippen LogP contribution < -0.4 is 0 Å². The van der Waals surface area contributed by atoms with E-state index in [1.54, 1.807) is 24.7 Å². The average molecular weight is 269 g/mol. The van der Waals surface area contributed by atoms with Gasteiger partial charge in [-0.15, -0.1) is 0 Å². The van der Waals surface area contributed by atoms with Gasteiger partial charge in [0.15, 0.2) is 5.65 Å². The van der Waals surface area contributed by atoms with E-state index in [9.17, 15) is 4.79 Å². The summed E-state index contributed by atoms with van der Waals surface area (Å²) in [7, 11) is 0. The minimum Gasteiger partial charge on any atom is -0.443 e. The van der Waals surface area contributed by atoms with Gasteiger partial charge in [0.2, 0.25) is 0 Å². The van der Waals surface area contributed by atoms with E-state index >= 15 is 0 Å². The zero-order valence-corrected chi connectivity index (χ0v) is 11.6. The van der Waals surface area contributed by atoms with Gasteiger partial charge in [0.1, 0.15) is 5.60 Å². The third kappa shape index (κ3) is 2.01. The summed E-state index contributed by atoms with van der Waals surface area (Å²) in [6.07, 6.45) is 4.63. The molecular weight excluding hydrogens is 254 g/mol. The molecule has 0 bridgehead atoms. The predicted molar refractivity (Wildman–Crippen MR) is 76.7 cm³/mol. The Hall–Kier alpha value is -2.43. The SMILES string of the molecule is CC(C)(C)OC(=O)n1c2ccncc2c2cccnc21. The Kier molecular flexibility index (Phi) is 2.71.